The van der Waals surface area contributed by atoms with Crippen LogP contribution in [-0.4, -0.2) is 17.1 Å². The fraction of sp³-hybridized carbons (Fsp3) is 0.368. The molecule has 0 bridgehead atoms. The first-order valence-electron chi connectivity index (χ1n) is 8.10. The molecule has 0 aliphatic carbocycles. The summed E-state index contributed by atoms with van der Waals surface area (Å²) >= 11 is 1.11. The number of benzene rings is 1. The van der Waals surface area contributed by atoms with E-state index < -0.39 is 22.5 Å². The zero-order valence-electron chi connectivity index (χ0n) is 15.1. The SMILES string of the molecule is Cc1ccc(NC(=O)[C@H](C)SC2=C(C#N)C(C)(C)[C@H](C#N)C(=O)N2)cc1. The summed E-state index contributed by atoms with van der Waals surface area (Å²) in [5.41, 5.74) is 1.17. The van der Waals surface area contributed by atoms with Crippen LogP contribution in [0, 0.1) is 40.9 Å². The summed E-state index contributed by atoms with van der Waals surface area (Å²) in [6, 6.07) is 11.5. The van der Waals surface area contributed by atoms with Gasteiger partial charge in [-0.2, -0.15) is 10.5 Å². The highest BCUT2D eigenvalue weighted by Gasteiger charge is 2.45. The van der Waals surface area contributed by atoms with Gasteiger partial charge in [0.1, 0.15) is 5.92 Å². The van der Waals surface area contributed by atoms with Gasteiger partial charge in [0.2, 0.25) is 11.8 Å². The Labute approximate surface area is 157 Å². The number of thioether (sulfide) groups is 1. The molecule has 1 aliphatic heterocycles. The molecule has 0 saturated carbocycles. The number of hydrogen-bond donors (Lipinski definition) is 2. The quantitative estimate of drug-likeness (QED) is 0.849. The van der Waals surface area contributed by atoms with E-state index in [-0.39, 0.29) is 5.91 Å². The van der Waals surface area contributed by atoms with Gasteiger partial charge in [0.05, 0.1) is 28.0 Å². The maximum atomic E-state index is 12.4. The average Bonchev–Trinajstić information content (AvgIpc) is 2.56. The Morgan fingerprint density at radius 1 is 1.31 bits per heavy atom. The molecule has 26 heavy (non-hydrogen) atoms. The molecule has 0 aromatic heterocycles. The maximum Gasteiger partial charge on any atom is 0.243 e. The number of rotatable bonds is 4. The molecule has 2 rings (SSSR count). The van der Waals surface area contributed by atoms with E-state index in [1.807, 2.05) is 37.3 Å². The Morgan fingerprint density at radius 2 is 1.92 bits per heavy atom. The molecule has 2 atom stereocenters. The minimum absolute atomic E-state index is 0.238. The van der Waals surface area contributed by atoms with E-state index in [4.69, 9.17) is 0 Å². The lowest BCUT2D eigenvalue weighted by atomic mass is 9.72. The summed E-state index contributed by atoms with van der Waals surface area (Å²) in [5.74, 6) is -1.64. The molecule has 1 aromatic carbocycles. The van der Waals surface area contributed by atoms with Crippen molar-refractivity contribution in [3.63, 3.8) is 0 Å². The van der Waals surface area contributed by atoms with E-state index in [0.29, 0.717) is 16.3 Å². The number of carbonyl (C=O) groups excluding carboxylic acids is 2. The summed E-state index contributed by atoms with van der Waals surface area (Å²) in [6.45, 7) is 7.04. The van der Waals surface area contributed by atoms with Crippen LogP contribution in [0.4, 0.5) is 5.69 Å². The molecule has 1 aromatic rings. The van der Waals surface area contributed by atoms with Gasteiger partial charge < -0.3 is 10.6 Å². The van der Waals surface area contributed by atoms with Crippen LogP contribution in [0.5, 0.6) is 0 Å². The minimum Gasteiger partial charge on any atom is -0.325 e. The smallest absolute Gasteiger partial charge is 0.243 e. The number of aryl methyl sites for hydroxylation is 1. The number of nitrogens with zero attached hydrogens (tertiary/aromatic N) is 2. The summed E-state index contributed by atoms with van der Waals surface area (Å²) in [6.07, 6.45) is 0. The Morgan fingerprint density at radius 3 is 2.46 bits per heavy atom. The molecule has 0 spiro atoms. The van der Waals surface area contributed by atoms with E-state index in [2.05, 4.69) is 16.7 Å². The van der Waals surface area contributed by atoms with Crippen molar-refractivity contribution < 1.29 is 9.59 Å². The molecule has 7 heteroatoms. The van der Waals surface area contributed by atoms with Crippen molar-refractivity contribution in [3.8, 4) is 12.1 Å². The van der Waals surface area contributed by atoms with Crippen LogP contribution < -0.4 is 10.6 Å². The topological polar surface area (TPSA) is 106 Å². The highest BCUT2D eigenvalue weighted by atomic mass is 32.2. The molecule has 0 unspecified atom stereocenters. The Hall–Kier alpha value is -2.77. The second-order valence-electron chi connectivity index (χ2n) is 6.70. The molecular weight excluding hydrogens is 348 g/mol. The van der Waals surface area contributed by atoms with Crippen molar-refractivity contribution in [1.82, 2.24) is 5.32 Å². The number of nitriles is 2. The van der Waals surface area contributed by atoms with Crippen LogP contribution in [0.25, 0.3) is 0 Å². The Balaban J connectivity index is 2.20. The first-order chi connectivity index (χ1) is 12.2. The van der Waals surface area contributed by atoms with Crippen molar-refractivity contribution in [2.24, 2.45) is 11.3 Å². The fourth-order valence-corrected chi connectivity index (χ4v) is 3.73. The van der Waals surface area contributed by atoms with Crippen molar-refractivity contribution in [2.75, 3.05) is 5.32 Å². The van der Waals surface area contributed by atoms with Crippen LogP contribution in [0.3, 0.4) is 0 Å². The van der Waals surface area contributed by atoms with E-state index >= 15 is 0 Å². The number of anilines is 1. The summed E-state index contributed by atoms with van der Waals surface area (Å²) in [4.78, 5) is 24.6. The van der Waals surface area contributed by atoms with Crippen molar-refractivity contribution >= 4 is 29.3 Å². The van der Waals surface area contributed by atoms with Crippen LogP contribution in [0.1, 0.15) is 26.3 Å². The molecule has 6 nitrogen and oxygen atoms in total. The maximum absolute atomic E-state index is 12.4. The standard InChI is InChI=1S/C19H20N4O2S/c1-11-5-7-13(8-6-11)22-16(24)12(2)26-18-15(10-21)19(3,4)14(9-20)17(25)23-18/h5-8,12,14H,1-4H3,(H,22,24)(H,23,25)/t12-,14+/m0/s1. The predicted molar refractivity (Wildman–Crippen MR) is 101 cm³/mol. The van der Waals surface area contributed by atoms with E-state index in [1.54, 1.807) is 20.8 Å². The Bertz CT molecular complexity index is 844. The van der Waals surface area contributed by atoms with Crippen LogP contribution >= 0.6 is 11.8 Å². The summed E-state index contributed by atoms with van der Waals surface area (Å²) in [7, 11) is 0. The second kappa shape index (κ2) is 7.63. The third kappa shape index (κ3) is 3.89. The lowest BCUT2D eigenvalue weighted by Crippen LogP contribution is -2.45. The van der Waals surface area contributed by atoms with Crippen LogP contribution in [0.2, 0.25) is 0 Å². The van der Waals surface area contributed by atoms with Crippen molar-refractivity contribution in [1.29, 1.82) is 10.5 Å². The van der Waals surface area contributed by atoms with Gasteiger partial charge in [-0.3, -0.25) is 9.59 Å². The number of allylic oxidation sites excluding steroid dienone is 1. The second-order valence-corrected chi connectivity index (χ2v) is 8.06. The summed E-state index contributed by atoms with van der Waals surface area (Å²) < 4.78 is 0. The molecule has 0 fully saturated rings. The third-order valence-electron chi connectivity index (χ3n) is 4.32. The lowest BCUT2D eigenvalue weighted by Gasteiger charge is -2.35. The molecule has 1 heterocycles. The van der Waals surface area contributed by atoms with E-state index in [9.17, 15) is 20.1 Å². The molecule has 0 radical (unpaired) electrons. The molecule has 2 amide bonds. The number of amides is 2. The van der Waals surface area contributed by atoms with Gasteiger partial charge >= 0.3 is 0 Å². The zero-order chi connectivity index (χ0) is 19.5. The van der Waals surface area contributed by atoms with Gasteiger partial charge in [-0.05, 0) is 26.0 Å². The molecule has 2 N–H and O–H groups in total. The molecule has 0 saturated heterocycles. The normalized spacial score (nSPS) is 19.8. The van der Waals surface area contributed by atoms with Gasteiger partial charge in [0.25, 0.3) is 0 Å². The monoisotopic (exact) mass is 368 g/mol. The first kappa shape index (κ1) is 19.6. The number of hydrogen-bond acceptors (Lipinski definition) is 5. The first-order valence-corrected chi connectivity index (χ1v) is 8.98. The van der Waals surface area contributed by atoms with E-state index in [0.717, 1.165) is 17.3 Å². The Kier molecular flexibility index (Phi) is 5.74. The molecular formula is C19H20N4O2S. The highest BCUT2D eigenvalue weighted by molar-refractivity contribution is 8.04. The molecule has 134 valence electrons. The molecule has 1 aliphatic rings. The highest BCUT2D eigenvalue weighted by Crippen LogP contribution is 2.42. The van der Waals surface area contributed by atoms with Crippen molar-refractivity contribution in [3.05, 3.63) is 40.4 Å². The lowest BCUT2D eigenvalue weighted by molar-refractivity contribution is -0.125. The minimum atomic E-state index is -0.946. The number of nitrogens with one attached hydrogen (secondary N) is 2. The summed E-state index contributed by atoms with van der Waals surface area (Å²) in [5, 5.41) is 24.0. The van der Waals surface area contributed by atoms with Crippen molar-refractivity contribution in [2.45, 2.75) is 32.9 Å². The van der Waals surface area contributed by atoms with Crippen LogP contribution in [0.15, 0.2) is 34.9 Å². The van der Waals surface area contributed by atoms with E-state index in [1.165, 1.54) is 0 Å². The number of carbonyl (C=O) groups is 2. The zero-order valence-corrected chi connectivity index (χ0v) is 15.9. The largest absolute Gasteiger partial charge is 0.325 e. The van der Waals surface area contributed by atoms with Gasteiger partial charge in [-0.25, -0.2) is 0 Å². The van der Waals surface area contributed by atoms with Gasteiger partial charge in [0, 0.05) is 11.1 Å². The average molecular weight is 368 g/mol. The predicted octanol–water partition coefficient (Wildman–Crippen LogP) is 3.09. The van der Waals surface area contributed by atoms with Gasteiger partial charge in [-0.1, -0.05) is 43.3 Å². The fourth-order valence-electron chi connectivity index (χ4n) is 2.63. The van der Waals surface area contributed by atoms with Gasteiger partial charge in [-0.15, -0.1) is 0 Å². The van der Waals surface area contributed by atoms with Gasteiger partial charge in [0.15, 0.2) is 0 Å². The van der Waals surface area contributed by atoms with Crippen LogP contribution in [-0.2, 0) is 9.59 Å². The third-order valence-corrected chi connectivity index (χ3v) is 5.43.